The van der Waals surface area contributed by atoms with E-state index in [9.17, 15) is 4.79 Å². The summed E-state index contributed by atoms with van der Waals surface area (Å²) in [5.41, 5.74) is 8.91. The average molecular weight is 285 g/mol. The lowest BCUT2D eigenvalue weighted by atomic mass is 10.1. The Morgan fingerprint density at radius 1 is 1.24 bits per heavy atom. The fourth-order valence-corrected chi connectivity index (χ4v) is 1.98. The Morgan fingerprint density at radius 3 is 2.57 bits per heavy atom. The van der Waals surface area contributed by atoms with Crippen molar-refractivity contribution < 1.29 is 9.53 Å². The van der Waals surface area contributed by atoms with Gasteiger partial charge in [0, 0.05) is 32.9 Å². The highest BCUT2D eigenvalue weighted by Gasteiger charge is 2.10. The minimum Gasteiger partial charge on any atom is -0.462 e. The Bertz CT molecular complexity index is 612. The van der Waals surface area contributed by atoms with E-state index in [1.165, 1.54) is 0 Å². The molecular formula is C16H19N3O2. The van der Waals surface area contributed by atoms with E-state index in [1.54, 1.807) is 24.5 Å². The molecular weight excluding hydrogens is 266 g/mol. The van der Waals surface area contributed by atoms with Crippen LogP contribution in [0.15, 0.2) is 42.7 Å². The molecule has 0 radical (unpaired) electrons. The van der Waals surface area contributed by atoms with Crippen LogP contribution >= 0.6 is 0 Å². The highest BCUT2D eigenvalue weighted by Crippen LogP contribution is 2.22. The molecule has 21 heavy (non-hydrogen) atoms. The van der Waals surface area contributed by atoms with Crippen LogP contribution in [0.3, 0.4) is 0 Å². The fraction of sp³-hybridized carbons (Fsp3) is 0.250. The molecule has 5 heteroatoms. The van der Waals surface area contributed by atoms with Crippen molar-refractivity contribution in [2.75, 3.05) is 31.3 Å². The van der Waals surface area contributed by atoms with Crippen LogP contribution in [0.2, 0.25) is 0 Å². The van der Waals surface area contributed by atoms with E-state index in [1.807, 2.05) is 37.2 Å². The number of ether oxygens (including phenoxy) is 1. The van der Waals surface area contributed by atoms with Crippen molar-refractivity contribution in [3.05, 3.63) is 53.9 Å². The summed E-state index contributed by atoms with van der Waals surface area (Å²) in [4.78, 5) is 17.8. The molecule has 5 nitrogen and oxygen atoms in total. The van der Waals surface area contributed by atoms with E-state index >= 15 is 0 Å². The molecule has 0 aliphatic rings. The second-order valence-electron chi connectivity index (χ2n) is 4.91. The predicted octanol–water partition coefficient (Wildman–Crippen LogP) is 2.13. The maximum absolute atomic E-state index is 12.0. The van der Waals surface area contributed by atoms with E-state index in [2.05, 4.69) is 4.98 Å². The van der Waals surface area contributed by atoms with Crippen molar-refractivity contribution >= 4 is 17.3 Å². The van der Waals surface area contributed by atoms with Gasteiger partial charge in [-0.05, 0) is 35.9 Å². The van der Waals surface area contributed by atoms with Crippen molar-refractivity contribution in [2.24, 2.45) is 0 Å². The third-order valence-electron chi connectivity index (χ3n) is 3.12. The molecule has 2 rings (SSSR count). The number of nitrogens with two attached hydrogens (primary N) is 1. The second-order valence-corrected chi connectivity index (χ2v) is 4.91. The number of carbonyl (C=O) groups excluding carboxylic acids is 1. The second kappa shape index (κ2) is 6.74. The van der Waals surface area contributed by atoms with Gasteiger partial charge in [0.2, 0.25) is 0 Å². The van der Waals surface area contributed by atoms with E-state index in [-0.39, 0.29) is 5.97 Å². The lowest BCUT2D eigenvalue weighted by Gasteiger charge is -2.15. The molecule has 0 unspecified atom stereocenters. The predicted molar refractivity (Wildman–Crippen MR) is 83.4 cm³/mol. The molecule has 0 saturated heterocycles. The monoisotopic (exact) mass is 285 g/mol. The topological polar surface area (TPSA) is 68.5 Å². The molecule has 0 saturated carbocycles. The van der Waals surface area contributed by atoms with Crippen LogP contribution in [0.1, 0.15) is 15.9 Å². The molecule has 0 aliphatic heterocycles. The molecule has 0 amide bonds. The zero-order valence-corrected chi connectivity index (χ0v) is 12.2. The van der Waals surface area contributed by atoms with E-state index in [4.69, 9.17) is 10.5 Å². The largest absolute Gasteiger partial charge is 0.462 e. The summed E-state index contributed by atoms with van der Waals surface area (Å²) in [6.45, 7) is 0.332. The third-order valence-corrected chi connectivity index (χ3v) is 3.12. The van der Waals surface area contributed by atoms with Crippen LogP contribution in [0.5, 0.6) is 0 Å². The minimum atomic E-state index is -0.360. The molecule has 1 aromatic carbocycles. The lowest BCUT2D eigenvalue weighted by molar-refractivity contribution is 0.0509. The highest BCUT2D eigenvalue weighted by molar-refractivity contribution is 5.92. The molecule has 2 aromatic rings. The summed E-state index contributed by atoms with van der Waals surface area (Å²) >= 11 is 0. The van der Waals surface area contributed by atoms with Gasteiger partial charge in [0.15, 0.2) is 0 Å². The van der Waals surface area contributed by atoms with Crippen LogP contribution in [-0.2, 0) is 11.2 Å². The number of hydrogen-bond donors (Lipinski definition) is 1. The summed E-state index contributed by atoms with van der Waals surface area (Å²) in [6.07, 6.45) is 4.11. The Labute approximate surface area is 124 Å². The maximum atomic E-state index is 12.0. The number of carbonyl (C=O) groups is 1. The Hall–Kier alpha value is -2.56. The maximum Gasteiger partial charge on any atom is 0.338 e. The Morgan fingerprint density at radius 2 is 1.95 bits per heavy atom. The van der Waals surface area contributed by atoms with Gasteiger partial charge in [0.1, 0.15) is 0 Å². The first kappa shape index (κ1) is 14.8. The van der Waals surface area contributed by atoms with Gasteiger partial charge >= 0.3 is 5.97 Å². The summed E-state index contributed by atoms with van der Waals surface area (Å²) < 4.78 is 5.26. The van der Waals surface area contributed by atoms with Gasteiger partial charge in [0.25, 0.3) is 0 Å². The zero-order valence-electron chi connectivity index (χ0n) is 12.2. The Kier molecular flexibility index (Phi) is 4.77. The van der Waals surface area contributed by atoms with E-state index in [0.29, 0.717) is 24.3 Å². The minimum absolute atomic E-state index is 0.332. The number of rotatable bonds is 5. The first-order valence-corrected chi connectivity index (χ1v) is 6.71. The van der Waals surface area contributed by atoms with Crippen molar-refractivity contribution in [1.29, 1.82) is 0 Å². The smallest absolute Gasteiger partial charge is 0.338 e. The zero-order chi connectivity index (χ0) is 15.2. The average Bonchev–Trinajstić information content (AvgIpc) is 2.47. The van der Waals surface area contributed by atoms with Gasteiger partial charge in [-0.3, -0.25) is 4.98 Å². The van der Waals surface area contributed by atoms with Crippen LogP contribution in [-0.4, -0.2) is 31.7 Å². The quantitative estimate of drug-likeness (QED) is 0.673. The molecule has 0 spiro atoms. The number of nitrogen functional groups attached to an aromatic ring is 1. The molecule has 1 aromatic heterocycles. The van der Waals surface area contributed by atoms with Crippen LogP contribution in [0, 0.1) is 0 Å². The number of pyridine rings is 1. The van der Waals surface area contributed by atoms with Crippen molar-refractivity contribution in [3.8, 4) is 0 Å². The van der Waals surface area contributed by atoms with Gasteiger partial charge in [-0.2, -0.15) is 0 Å². The molecule has 2 N–H and O–H groups in total. The third kappa shape index (κ3) is 3.95. The van der Waals surface area contributed by atoms with E-state index in [0.717, 1.165) is 11.3 Å². The number of anilines is 2. The van der Waals surface area contributed by atoms with E-state index < -0.39 is 0 Å². The summed E-state index contributed by atoms with van der Waals surface area (Å²) in [5, 5.41) is 0. The first-order chi connectivity index (χ1) is 10.1. The standard InChI is InChI=1S/C16H19N3O2/c1-19(2)15-4-3-13(11-14(15)17)16(20)21-10-7-12-5-8-18-9-6-12/h3-6,8-9,11H,7,10,17H2,1-2H3. The molecule has 0 atom stereocenters. The van der Waals surface area contributed by atoms with Crippen molar-refractivity contribution in [1.82, 2.24) is 4.98 Å². The van der Waals surface area contributed by atoms with Gasteiger partial charge < -0.3 is 15.4 Å². The molecule has 0 bridgehead atoms. The van der Waals surface area contributed by atoms with Crippen LogP contribution in [0.25, 0.3) is 0 Å². The highest BCUT2D eigenvalue weighted by atomic mass is 16.5. The lowest BCUT2D eigenvalue weighted by Crippen LogP contribution is -2.13. The molecule has 0 aliphatic carbocycles. The molecule has 110 valence electrons. The number of esters is 1. The van der Waals surface area contributed by atoms with Crippen LogP contribution in [0.4, 0.5) is 11.4 Å². The number of hydrogen-bond acceptors (Lipinski definition) is 5. The first-order valence-electron chi connectivity index (χ1n) is 6.71. The molecule has 1 heterocycles. The van der Waals surface area contributed by atoms with Gasteiger partial charge in [-0.1, -0.05) is 0 Å². The SMILES string of the molecule is CN(C)c1ccc(C(=O)OCCc2ccncc2)cc1N. The fourth-order valence-electron chi connectivity index (χ4n) is 1.98. The van der Waals surface area contributed by atoms with Crippen LogP contribution < -0.4 is 10.6 Å². The summed E-state index contributed by atoms with van der Waals surface area (Å²) in [6, 6.07) is 8.98. The normalized spacial score (nSPS) is 10.2. The number of nitrogens with zero attached hydrogens (tertiary/aromatic N) is 2. The van der Waals surface area contributed by atoms with Gasteiger partial charge in [-0.25, -0.2) is 4.79 Å². The van der Waals surface area contributed by atoms with Gasteiger partial charge in [-0.15, -0.1) is 0 Å². The summed E-state index contributed by atoms with van der Waals surface area (Å²) in [5.74, 6) is -0.360. The number of aromatic nitrogens is 1. The van der Waals surface area contributed by atoms with Gasteiger partial charge in [0.05, 0.1) is 23.5 Å². The van der Waals surface area contributed by atoms with Crippen molar-refractivity contribution in [2.45, 2.75) is 6.42 Å². The Balaban J connectivity index is 1.93. The molecule has 0 fully saturated rings. The number of benzene rings is 1. The summed E-state index contributed by atoms with van der Waals surface area (Å²) in [7, 11) is 3.80. The van der Waals surface area contributed by atoms with Crippen molar-refractivity contribution in [3.63, 3.8) is 0 Å².